The SMILES string of the molecule is CCc1cn(C(C)C)nc1I. The van der Waals surface area contributed by atoms with Crippen LogP contribution in [0.25, 0.3) is 0 Å². The minimum Gasteiger partial charge on any atom is -0.269 e. The van der Waals surface area contributed by atoms with Crippen molar-refractivity contribution in [1.29, 1.82) is 0 Å². The van der Waals surface area contributed by atoms with Crippen molar-refractivity contribution < 1.29 is 0 Å². The molecule has 0 aliphatic rings. The highest BCUT2D eigenvalue weighted by molar-refractivity contribution is 14.1. The zero-order chi connectivity index (χ0) is 8.43. The smallest absolute Gasteiger partial charge is 0.126 e. The van der Waals surface area contributed by atoms with Crippen LogP contribution in [-0.2, 0) is 6.42 Å². The molecular weight excluding hydrogens is 251 g/mol. The van der Waals surface area contributed by atoms with Crippen molar-refractivity contribution in [3.63, 3.8) is 0 Å². The number of nitrogens with zero attached hydrogens (tertiary/aromatic N) is 2. The Morgan fingerprint density at radius 3 is 2.55 bits per heavy atom. The first-order valence-electron chi connectivity index (χ1n) is 3.88. The molecule has 0 N–H and O–H groups in total. The first kappa shape index (κ1) is 9.03. The molecule has 3 heteroatoms. The van der Waals surface area contributed by atoms with E-state index in [1.165, 1.54) is 5.56 Å². The summed E-state index contributed by atoms with van der Waals surface area (Å²) < 4.78 is 3.15. The maximum atomic E-state index is 4.38. The summed E-state index contributed by atoms with van der Waals surface area (Å²) in [7, 11) is 0. The maximum absolute atomic E-state index is 4.38. The molecule has 0 radical (unpaired) electrons. The van der Waals surface area contributed by atoms with Gasteiger partial charge in [0, 0.05) is 17.8 Å². The molecule has 0 atom stereocenters. The third-order valence-corrected chi connectivity index (χ3v) is 2.57. The standard InChI is InChI=1S/C8H13IN2/c1-4-7-5-11(6(2)3)10-8(7)9/h5-6H,4H2,1-3H3. The van der Waals surface area contributed by atoms with Gasteiger partial charge in [0.25, 0.3) is 0 Å². The van der Waals surface area contributed by atoms with Crippen LogP contribution in [-0.4, -0.2) is 9.78 Å². The molecule has 0 amide bonds. The Kier molecular flexibility index (Phi) is 2.92. The molecule has 11 heavy (non-hydrogen) atoms. The number of rotatable bonds is 2. The molecule has 0 aliphatic carbocycles. The first-order chi connectivity index (χ1) is 5.15. The lowest BCUT2D eigenvalue weighted by atomic mass is 10.3. The molecule has 62 valence electrons. The van der Waals surface area contributed by atoms with E-state index in [2.05, 4.69) is 54.7 Å². The molecule has 2 nitrogen and oxygen atoms in total. The van der Waals surface area contributed by atoms with E-state index in [9.17, 15) is 0 Å². The van der Waals surface area contributed by atoms with Gasteiger partial charge in [0.05, 0.1) is 0 Å². The average molecular weight is 264 g/mol. The third-order valence-electron chi connectivity index (χ3n) is 1.67. The Labute approximate surface area is 81.1 Å². The second kappa shape index (κ2) is 3.56. The van der Waals surface area contributed by atoms with Crippen molar-refractivity contribution in [2.24, 2.45) is 0 Å². The molecule has 0 spiro atoms. The van der Waals surface area contributed by atoms with E-state index in [1.807, 2.05) is 4.68 Å². The number of aromatic nitrogens is 2. The highest BCUT2D eigenvalue weighted by atomic mass is 127. The van der Waals surface area contributed by atoms with Crippen molar-refractivity contribution in [1.82, 2.24) is 9.78 Å². The molecule has 1 heterocycles. The van der Waals surface area contributed by atoms with Crippen LogP contribution in [0.5, 0.6) is 0 Å². The van der Waals surface area contributed by atoms with Crippen LogP contribution >= 0.6 is 22.6 Å². The van der Waals surface area contributed by atoms with Gasteiger partial charge in [-0.25, -0.2) is 0 Å². The second-order valence-electron chi connectivity index (χ2n) is 2.87. The quantitative estimate of drug-likeness (QED) is 0.751. The Morgan fingerprint density at radius 2 is 2.27 bits per heavy atom. The fraction of sp³-hybridized carbons (Fsp3) is 0.625. The number of aryl methyl sites for hydroxylation is 1. The van der Waals surface area contributed by atoms with Gasteiger partial charge < -0.3 is 0 Å². The van der Waals surface area contributed by atoms with Crippen molar-refractivity contribution in [2.45, 2.75) is 33.2 Å². The Bertz CT molecular complexity index is 240. The number of halogens is 1. The van der Waals surface area contributed by atoms with Gasteiger partial charge in [0.2, 0.25) is 0 Å². The van der Waals surface area contributed by atoms with Crippen LogP contribution in [0.15, 0.2) is 6.20 Å². The minimum absolute atomic E-state index is 0.476. The fourth-order valence-corrected chi connectivity index (χ4v) is 1.68. The van der Waals surface area contributed by atoms with E-state index in [-0.39, 0.29) is 0 Å². The van der Waals surface area contributed by atoms with E-state index < -0.39 is 0 Å². The lowest BCUT2D eigenvalue weighted by molar-refractivity contribution is 0.529. The van der Waals surface area contributed by atoms with Gasteiger partial charge in [-0.2, -0.15) is 5.10 Å². The molecule has 0 saturated heterocycles. The van der Waals surface area contributed by atoms with Crippen molar-refractivity contribution in [3.05, 3.63) is 15.5 Å². The predicted octanol–water partition coefficient (Wildman–Crippen LogP) is 2.63. The maximum Gasteiger partial charge on any atom is 0.126 e. The van der Waals surface area contributed by atoms with Crippen LogP contribution < -0.4 is 0 Å². The normalized spacial score (nSPS) is 11.0. The van der Waals surface area contributed by atoms with Crippen LogP contribution in [0, 0.1) is 3.70 Å². The van der Waals surface area contributed by atoms with E-state index in [1.54, 1.807) is 0 Å². The Morgan fingerprint density at radius 1 is 1.64 bits per heavy atom. The van der Waals surface area contributed by atoms with Crippen LogP contribution in [0.4, 0.5) is 0 Å². The molecule has 1 aromatic rings. The van der Waals surface area contributed by atoms with Crippen molar-refractivity contribution >= 4 is 22.6 Å². The molecule has 1 aromatic heterocycles. The van der Waals surface area contributed by atoms with E-state index in [4.69, 9.17) is 0 Å². The number of hydrogen-bond acceptors (Lipinski definition) is 1. The predicted molar refractivity (Wildman–Crippen MR) is 54.7 cm³/mol. The summed E-state index contributed by atoms with van der Waals surface area (Å²) in [6.45, 7) is 6.44. The fourth-order valence-electron chi connectivity index (χ4n) is 0.909. The molecule has 0 aromatic carbocycles. The van der Waals surface area contributed by atoms with Crippen molar-refractivity contribution in [3.8, 4) is 0 Å². The topological polar surface area (TPSA) is 17.8 Å². The van der Waals surface area contributed by atoms with Crippen LogP contribution in [0.1, 0.15) is 32.4 Å². The van der Waals surface area contributed by atoms with Crippen LogP contribution in [0.3, 0.4) is 0 Å². The van der Waals surface area contributed by atoms with Gasteiger partial charge in [-0.15, -0.1) is 0 Å². The summed E-state index contributed by atoms with van der Waals surface area (Å²) in [6.07, 6.45) is 3.21. The lowest BCUT2D eigenvalue weighted by Gasteiger charge is -2.02. The summed E-state index contributed by atoms with van der Waals surface area (Å²) in [5, 5.41) is 4.38. The van der Waals surface area contributed by atoms with Gasteiger partial charge in [-0.05, 0) is 42.9 Å². The zero-order valence-electron chi connectivity index (χ0n) is 7.13. The monoisotopic (exact) mass is 264 g/mol. The summed E-state index contributed by atoms with van der Waals surface area (Å²) in [5.74, 6) is 0. The molecule has 0 saturated carbocycles. The second-order valence-corrected chi connectivity index (χ2v) is 3.89. The summed E-state index contributed by atoms with van der Waals surface area (Å²) in [6, 6.07) is 0.476. The van der Waals surface area contributed by atoms with Gasteiger partial charge in [0.1, 0.15) is 3.70 Å². The van der Waals surface area contributed by atoms with Gasteiger partial charge in [-0.1, -0.05) is 6.92 Å². The lowest BCUT2D eigenvalue weighted by Crippen LogP contribution is -2.00. The summed E-state index contributed by atoms with van der Waals surface area (Å²) in [4.78, 5) is 0. The van der Waals surface area contributed by atoms with Gasteiger partial charge in [-0.3, -0.25) is 4.68 Å². The minimum atomic E-state index is 0.476. The van der Waals surface area contributed by atoms with Gasteiger partial charge >= 0.3 is 0 Å². The van der Waals surface area contributed by atoms with Crippen molar-refractivity contribution in [2.75, 3.05) is 0 Å². The average Bonchev–Trinajstić information content (AvgIpc) is 2.31. The number of hydrogen-bond donors (Lipinski definition) is 0. The molecule has 1 rings (SSSR count). The highest BCUT2D eigenvalue weighted by Gasteiger charge is 2.05. The highest BCUT2D eigenvalue weighted by Crippen LogP contribution is 2.13. The first-order valence-corrected chi connectivity index (χ1v) is 4.96. The third kappa shape index (κ3) is 1.95. The van der Waals surface area contributed by atoms with Crippen LogP contribution in [0.2, 0.25) is 0 Å². The molecule has 0 aliphatic heterocycles. The Hall–Kier alpha value is -0.0600. The Balaban J connectivity index is 2.95. The molecular formula is C8H13IN2. The molecule has 0 unspecified atom stereocenters. The summed E-state index contributed by atoms with van der Waals surface area (Å²) in [5.41, 5.74) is 1.35. The van der Waals surface area contributed by atoms with E-state index >= 15 is 0 Å². The van der Waals surface area contributed by atoms with E-state index in [0.29, 0.717) is 6.04 Å². The van der Waals surface area contributed by atoms with E-state index in [0.717, 1.165) is 10.1 Å². The molecule has 0 fully saturated rings. The van der Waals surface area contributed by atoms with Gasteiger partial charge in [0.15, 0.2) is 0 Å². The summed E-state index contributed by atoms with van der Waals surface area (Å²) >= 11 is 2.28. The molecule has 0 bridgehead atoms. The zero-order valence-corrected chi connectivity index (χ0v) is 9.29. The largest absolute Gasteiger partial charge is 0.269 e.